The van der Waals surface area contributed by atoms with E-state index < -0.39 is 5.97 Å². The van der Waals surface area contributed by atoms with Gasteiger partial charge in [-0.1, -0.05) is 30.3 Å². The van der Waals surface area contributed by atoms with E-state index in [1.54, 1.807) is 23.0 Å². The Morgan fingerprint density at radius 3 is 2.48 bits per heavy atom. The number of carbonyl (C=O) groups excluding carboxylic acids is 1. The number of rotatable bonds is 5. The van der Waals surface area contributed by atoms with Gasteiger partial charge in [0, 0.05) is 5.39 Å². The number of nitrogen functional groups attached to an aromatic ring is 1. The molecule has 0 radical (unpaired) electrons. The van der Waals surface area contributed by atoms with Crippen molar-refractivity contribution in [2.75, 3.05) is 16.3 Å². The Morgan fingerprint density at radius 1 is 1.06 bits per heavy atom. The molecular formula is C23H19BrN4O3. The molecule has 1 heterocycles. The largest absolute Gasteiger partial charge is 0.507 e. The Morgan fingerprint density at radius 2 is 1.77 bits per heavy atom. The molecular weight excluding hydrogens is 460 g/mol. The van der Waals surface area contributed by atoms with Gasteiger partial charge in [0.1, 0.15) is 11.3 Å². The van der Waals surface area contributed by atoms with Crippen molar-refractivity contribution in [2.24, 2.45) is 0 Å². The van der Waals surface area contributed by atoms with Crippen LogP contribution in [0.15, 0.2) is 66.7 Å². The number of phenols is 1. The molecule has 0 aliphatic rings. The SMILES string of the molecule is CCOC(=O)c1ccc(-c2ccc3nc(N)nc(N(Br)c4ccccc4)c3c2)cc1O. The maximum absolute atomic E-state index is 12.0. The highest BCUT2D eigenvalue weighted by atomic mass is 79.9. The Hall–Kier alpha value is -3.65. The molecule has 1 aromatic heterocycles. The van der Waals surface area contributed by atoms with Crippen LogP contribution in [0.1, 0.15) is 17.3 Å². The van der Waals surface area contributed by atoms with Crippen LogP contribution in [-0.2, 0) is 4.74 Å². The number of halogens is 1. The smallest absolute Gasteiger partial charge is 0.341 e. The number of benzene rings is 3. The lowest BCUT2D eigenvalue weighted by molar-refractivity contribution is 0.0523. The van der Waals surface area contributed by atoms with Crippen LogP contribution >= 0.6 is 16.1 Å². The third kappa shape index (κ3) is 4.15. The molecule has 3 N–H and O–H groups in total. The topological polar surface area (TPSA) is 102 Å². The summed E-state index contributed by atoms with van der Waals surface area (Å²) in [4.78, 5) is 20.7. The summed E-state index contributed by atoms with van der Waals surface area (Å²) < 4.78 is 6.73. The Labute approximate surface area is 187 Å². The first-order chi connectivity index (χ1) is 15.0. The van der Waals surface area contributed by atoms with E-state index >= 15 is 0 Å². The molecule has 31 heavy (non-hydrogen) atoms. The monoisotopic (exact) mass is 478 g/mol. The lowest BCUT2D eigenvalue weighted by atomic mass is 10.0. The predicted molar refractivity (Wildman–Crippen MR) is 125 cm³/mol. The van der Waals surface area contributed by atoms with Crippen LogP contribution in [0.3, 0.4) is 0 Å². The number of phenolic OH excluding ortho intramolecular Hbond substituents is 1. The second kappa shape index (κ2) is 8.61. The minimum atomic E-state index is -0.561. The zero-order valence-corrected chi connectivity index (χ0v) is 18.2. The highest BCUT2D eigenvalue weighted by Gasteiger charge is 2.16. The summed E-state index contributed by atoms with van der Waals surface area (Å²) in [6.07, 6.45) is 0. The normalized spacial score (nSPS) is 10.8. The first-order valence-corrected chi connectivity index (χ1v) is 10.3. The van der Waals surface area contributed by atoms with Crippen LogP contribution in [0.5, 0.6) is 5.75 Å². The summed E-state index contributed by atoms with van der Waals surface area (Å²) >= 11 is 3.58. The van der Waals surface area contributed by atoms with Gasteiger partial charge in [-0.2, -0.15) is 4.98 Å². The van der Waals surface area contributed by atoms with Gasteiger partial charge in [-0.3, -0.25) is 3.93 Å². The summed E-state index contributed by atoms with van der Waals surface area (Å²) in [6, 6.07) is 20.1. The second-order valence-electron chi connectivity index (χ2n) is 6.71. The summed E-state index contributed by atoms with van der Waals surface area (Å²) in [6.45, 7) is 1.95. The Kier molecular flexibility index (Phi) is 5.73. The number of aromatic nitrogens is 2. The zero-order valence-electron chi connectivity index (χ0n) is 16.6. The average Bonchev–Trinajstić information content (AvgIpc) is 2.78. The standard InChI is InChI=1S/C23H19BrN4O3/c1-2-31-22(30)17-10-8-15(13-20(17)29)14-9-11-19-18(12-14)21(27-23(25)26-19)28(24)16-6-4-3-5-7-16/h3-13,29H,2H2,1H3,(H2,25,26,27). The molecule has 0 atom stereocenters. The van der Waals surface area contributed by atoms with Crippen molar-refractivity contribution in [1.82, 2.24) is 9.97 Å². The van der Waals surface area contributed by atoms with Gasteiger partial charge in [-0.05, 0) is 54.4 Å². The first kappa shape index (κ1) is 20.6. The van der Waals surface area contributed by atoms with E-state index in [9.17, 15) is 9.90 Å². The van der Waals surface area contributed by atoms with Gasteiger partial charge in [0.05, 0.1) is 34.0 Å². The van der Waals surface area contributed by atoms with E-state index in [2.05, 4.69) is 26.1 Å². The molecule has 0 spiro atoms. The molecule has 0 saturated heterocycles. The highest BCUT2D eigenvalue weighted by Crippen LogP contribution is 2.36. The number of fused-ring (bicyclic) bond motifs is 1. The number of hydrogen-bond donors (Lipinski definition) is 2. The highest BCUT2D eigenvalue weighted by molar-refractivity contribution is 9.10. The Bertz CT molecular complexity index is 1260. The minimum absolute atomic E-state index is 0.124. The molecule has 0 aliphatic heterocycles. The van der Waals surface area contributed by atoms with Crippen molar-refractivity contribution >= 4 is 50.5 Å². The summed E-state index contributed by atoms with van der Waals surface area (Å²) in [5.74, 6) is 0.0419. The van der Waals surface area contributed by atoms with E-state index in [4.69, 9.17) is 10.5 Å². The fourth-order valence-electron chi connectivity index (χ4n) is 3.23. The van der Waals surface area contributed by atoms with Gasteiger partial charge in [0.2, 0.25) is 5.95 Å². The predicted octanol–water partition coefficient (Wildman–Crippen LogP) is 5.21. The van der Waals surface area contributed by atoms with Gasteiger partial charge < -0.3 is 15.6 Å². The second-order valence-corrected chi connectivity index (χ2v) is 7.42. The molecule has 7 nitrogen and oxygen atoms in total. The number of hydrogen-bond acceptors (Lipinski definition) is 7. The lowest BCUT2D eigenvalue weighted by Crippen LogP contribution is -2.07. The quantitative estimate of drug-likeness (QED) is 0.299. The molecule has 0 aliphatic carbocycles. The van der Waals surface area contributed by atoms with Crippen LogP contribution in [0.25, 0.3) is 22.0 Å². The first-order valence-electron chi connectivity index (χ1n) is 9.56. The number of aromatic hydroxyl groups is 1. The van der Waals surface area contributed by atoms with Crippen LogP contribution < -0.4 is 9.66 Å². The van der Waals surface area contributed by atoms with E-state index in [1.807, 2.05) is 48.5 Å². The van der Waals surface area contributed by atoms with Crippen LogP contribution in [0.4, 0.5) is 17.5 Å². The summed E-state index contributed by atoms with van der Waals surface area (Å²) in [5, 5.41) is 11.1. The fraction of sp³-hybridized carbons (Fsp3) is 0.0870. The third-order valence-electron chi connectivity index (χ3n) is 4.69. The van der Waals surface area contributed by atoms with Crippen molar-refractivity contribution in [3.8, 4) is 16.9 Å². The molecule has 0 amide bonds. The lowest BCUT2D eigenvalue weighted by Gasteiger charge is -2.18. The van der Waals surface area contributed by atoms with Crippen molar-refractivity contribution in [3.63, 3.8) is 0 Å². The average molecular weight is 479 g/mol. The molecule has 0 bridgehead atoms. The molecule has 8 heteroatoms. The minimum Gasteiger partial charge on any atom is -0.507 e. The van der Waals surface area contributed by atoms with Gasteiger partial charge >= 0.3 is 5.97 Å². The molecule has 4 aromatic rings. The summed E-state index contributed by atoms with van der Waals surface area (Å²) in [5.41, 5.74) is 9.17. The van der Waals surface area contributed by atoms with Gasteiger partial charge in [-0.25, -0.2) is 9.78 Å². The van der Waals surface area contributed by atoms with E-state index in [1.165, 1.54) is 6.07 Å². The molecule has 156 valence electrons. The number of ether oxygens (including phenoxy) is 1. The van der Waals surface area contributed by atoms with Crippen LogP contribution in [-0.4, -0.2) is 27.7 Å². The van der Waals surface area contributed by atoms with Crippen molar-refractivity contribution in [3.05, 3.63) is 72.3 Å². The van der Waals surface area contributed by atoms with Gasteiger partial charge in [-0.15, -0.1) is 0 Å². The van der Waals surface area contributed by atoms with Crippen molar-refractivity contribution in [1.29, 1.82) is 0 Å². The molecule has 3 aromatic carbocycles. The number of nitrogens with two attached hydrogens (primary N) is 1. The molecule has 0 saturated carbocycles. The van der Waals surface area contributed by atoms with Crippen LogP contribution in [0, 0.1) is 0 Å². The molecule has 0 fully saturated rings. The number of carbonyl (C=O) groups is 1. The fourth-order valence-corrected chi connectivity index (χ4v) is 3.74. The number of para-hydroxylation sites is 1. The Balaban J connectivity index is 1.80. The van der Waals surface area contributed by atoms with Crippen LogP contribution in [0.2, 0.25) is 0 Å². The van der Waals surface area contributed by atoms with E-state index in [0.29, 0.717) is 11.3 Å². The van der Waals surface area contributed by atoms with Gasteiger partial charge in [0.15, 0.2) is 5.82 Å². The third-order valence-corrected chi connectivity index (χ3v) is 5.43. The van der Waals surface area contributed by atoms with E-state index in [-0.39, 0.29) is 23.9 Å². The summed E-state index contributed by atoms with van der Waals surface area (Å²) in [7, 11) is 0. The van der Waals surface area contributed by atoms with Crippen molar-refractivity contribution in [2.45, 2.75) is 6.92 Å². The van der Waals surface area contributed by atoms with E-state index in [0.717, 1.165) is 22.2 Å². The zero-order chi connectivity index (χ0) is 22.0. The van der Waals surface area contributed by atoms with Gasteiger partial charge in [0.25, 0.3) is 0 Å². The maximum atomic E-state index is 12.0. The van der Waals surface area contributed by atoms with Crippen molar-refractivity contribution < 1.29 is 14.6 Å². The molecule has 4 rings (SSSR count). The number of nitrogens with zero attached hydrogens (tertiary/aromatic N) is 3. The maximum Gasteiger partial charge on any atom is 0.341 e. The number of anilines is 3. The number of esters is 1. The molecule has 0 unspecified atom stereocenters.